The zero-order valence-electron chi connectivity index (χ0n) is 12.3. The number of thiophene rings is 1. The number of hydrogen-bond donors (Lipinski definition) is 3. The molecule has 0 radical (unpaired) electrons. The lowest BCUT2D eigenvalue weighted by Crippen LogP contribution is -2.21. The molecule has 1 fully saturated rings. The molecule has 21 heavy (non-hydrogen) atoms. The van der Waals surface area contributed by atoms with Gasteiger partial charge in [-0.3, -0.25) is 0 Å². The molecule has 0 aliphatic heterocycles. The van der Waals surface area contributed by atoms with Gasteiger partial charge in [0.25, 0.3) is 0 Å². The van der Waals surface area contributed by atoms with E-state index in [-0.39, 0.29) is 6.61 Å². The van der Waals surface area contributed by atoms with E-state index in [1.807, 2.05) is 0 Å². The molecule has 0 aromatic carbocycles. The van der Waals surface area contributed by atoms with Crippen LogP contribution < -0.4 is 11.1 Å². The van der Waals surface area contributed by atoms with E-state index < -0.39 is 0 Å². The van der Waals surface area contributed by atoms with Crippen LogP contribution >= 0.6 is 11.3 Å². The van der Waals surface area contributed by atoms with Gasteiger partial charge in [0, 0.05) is 18.0 Å². The normalized spacial score (nSPS) is 22.0. The van der Waals surface area contributed by atoms with Crippen LogP contribution in [0.5, 0.6) is 0 Å². The smallest absolute Gasteiger partial charge is 0.223 e. The van der Waals surface area contributed by atoms with Crippen molar-refractivity contribution in [2.75, 3.05) is 24.2 Å². The van der Waals surface area contributed by atoms with Gasteiger partial charge in [0.05, 0.1) is 5.39 Å². The molecule has 0 amide bonds. The molecule has 2 atom stereocenters. The Balaban J connectivity index is 1.81. The van der Waals surface area contributed by atoms with Crippen molar-refractivity contribution in [3.05, 3.63) is 10.9 Å². The Morgan fingerprint density at radius 2 is 2.19 bits per heavy atom. The van der Waals surface area contributed by atoms with Crippen LogP contribution in [-0.2, 0) is 6.42 Å². The molecule has 1 aliphatic carbocycles. The number of aryl methyl sites for hydroxylation is 1. The van der Waals surface area contributed by atoms with Gasteiger partial charge in [-0.1, -0.05) is 13.3 Å². The van der Waals surface area contributed by atoms with E-state index in [9.17, 15) is 5.11 Å². The van der Waals surface area contributed by atoms with Gasteiger partial charge in [0.1, 0.15) is 10.6 Å². The highest BCUT2D eigenvalue weighted by Crippen LogP contribution is 2.33. The van der Waals surface area contributed by atoms with Gasteiger partial charge in [0.2, 0.25) is 5.95 Å². The quantitative estimate of drug-likeness (QED) is 0.791. The van der Waals surface area contributed by atoms with Crippen LogP contribution in [0, 0.1) is 11.8 Å². The van der Waals surface area contributed by atoms with Crippen LogP contribution in [0.2, 0.25) is 0 Å². The third-order valence-corrected chi connectivity index (χ3v) is 5.57. The molecule has 1 saturated carbocycles. The van der Waals surface area contributed by atoms with Crippen molar-refractivity contribution in [1.82, 2.24) is 9.97 Å². The zero-order valence-corrected chi connectivity index (χ0v) is 13.1. The minimum atomic E-state index is 0.284. The van der Waals surface area contributed by atoms with Gasteiger partial charge in [0.15, 0.2) is 0 Å². The van der Waals surface area contributed by atoms with E-state index in [1.54, 1.807) is 11.3 Å². The highest BCUT2D eigenvalue weighted by Gasteiger charge is 2.26. The monoisotopic (exact) mass is 306 g/mol. The number of hydrogen-bond acceptors (Lipinski definition) is 6. The van der Waals surface area contributed by atoms with Crippen molar-refractivity contribution in [3.63, 3.8) is 0 Å². The van der Waals surface area contributed by atoms with E-state index in [0.717, 1.165) is 35.4 Å². The predicted molar refractivity (Wildman–Crippen MR) is 87.6 cm³/mol. The van der Waals surface area contributed by atoms with Gasteiger partial charge in [-0.2, -0.15) is 4.98 Å². The van der Waals surface area contributed by atoms with Gasteiger partial charge >= 0.3 is 0 Å². The molecule has 3 rings (SSSR count). The van der Waals surface area contributed by atoms with Crippen LogP contribution in [0.4, 0.5) is 11.8 Å². The second kappa shape index (κ2) is 6.15. The molecule has 2 aromatic heterocycles. The molecule has 6 heteroatoms. The molecule has 2 unspecified atom stereocenters. The van der Waals surface area contributed by atoms with Crippen molar-refractivity contribution < 1.29 is 5.11 Å². The molecule has 114 valence electrons. The average Bonchev–Trinajstić information content (AvgIpc) is 3.10. The Labute approximate surface area is 128 Å². The minimum absolute atomic E-state index is 0.284. The summed E-state index contributed by atoms with van der Waals surface area (Å²) in [4.78, 5) is 10.9. The molecule has 4 N–H and O–H groups in total. The third-order valence-electron chi connectivity index (χ3n) is 4.39. The lowest BCUT2D eigenvalue weighted by molar-refractivity contribution is 0.199. The molecule has 2 heterocycles. The SMILES string of the molecule is CCc1cc2c(NCC3CCCC3CO)nc(N)nc2s1. The van der Waals surface area contributed by atoms with Crippen molar-refractivity contribution in [2.45, 2.75) is 32.6 Å². The number of aliphatic hydroxyl groups is 1. The average molecular weight is 306 g/mol. The lowest BCUT2D eigenvalue weighted by Gasteiger charge is -2.18. The van der Waals surface area contributed by atoms with Crippen LogP contribution in [0.25, 0.3) is 10.2 Å². The Morgan fingerprint density at radius 3 is 2.95 bits per heavy atom. The van der Waals surface area contributed by atoms with E-state index in [4.69, 9.17) is 5.73 Å². The van der Waals surface area contributed by atoms with Crippen molar-refractivity contribution in [3.8, 4) is 0 Å². The Kier molecular flexibility index (Phi) is 4.26. The number of rotatable bonds is 5. The molecule has 0 saturated heterocycles. The first-order valence-electron chi connectivity index (χ1n) is 7.62. The van der Waals surface area contributed by atoms with Crippen LogP contribution in [0.15, 0.2) is 6.07 Å². The van der Waals surface area contributed by atoms with Crippen LogP contribution in [0.3, 0.4) is 0 Å². The first-order chi connectivity index (χ1) is 10.2. The van der Waals surface area contributed by atoms with Crippen LogP contribution in [-0.4, -0.2) is 28.2 Å². The highest BCUT2D eigenvalue weighted by atomic mass is 32.1. The van der Waals surface area contributed by atoms with Gasteiger partial charge in [-0.15, -0.1) is 11.3 Å². The first kappa shape index (κ1) is 14.5. The predicted octanol–water partition coefficient (Wildman–Crippen LogP) is 2.66. The minimum Gasteiger partial charge on any atom is -0.396 e. The molecule has 2 aromatic rings. The maximum Gasteiger partial charge on any atom is 0.223 e. The third kappa shape index (κ3) is 2.96. The molecule has 0 bridgehead atoms. The Bertz CT molecular complexity index is 627. The number of aromatic nitrogens is 2. The van der Waals surface area contributed by atoms with Gasteiger partial charge in [-0.25, -0.2) is 4.98 Å². The maximum absolute atomic E-state index is 9.41. The molecule has 1 aliphatic rings. The fraction of sp³-hybridized carbons (Fsp3) is 0.600. The van der Waals surface area contributed by atoms with E-state index in [0.29, 0.717) is 17.8 Å². The number of nitrogens with two attached hydrogens (primary N) is 1. The summed E-state index contributed by atoms with van der Waals surface area (Å²) >= 11 is 1.68. The zero-order chi connectivity index (χ0) is 14.8. The highest BCUT2D eigenvalue weighted by molar-refractivity contribution is 7.18. The summed E-state index contributed by atoms with van der Waals surface area (Å²) in [7, 11) is 0. The fourth-order valence-corrected chi connectivity index (χ4v) is 4.12. The summed E-state index contributed by atoms with van der Waals surface area (Å²) in [6, 6.07) is 2.15. The maximum atomic E-state index is 9.41. The number of anilines is 2. The number of aliphatic hydroxyl groups excluding tert-OH is 1. The largest absolute Gasteiger partial charge is 0.396 e. The Morgan fingerprint density at radius 1 is 1.38 bits per heavy atom. The summed E-state index contributed by atoms with van der Waals surface area (Å²) in [5.74, 6) is 2.09. The number of nitrogens with zero attached hydrogens (tertiary/aromatic N) is 2. The summed E-state index contributed by atoms with van der Waals surface area (Å²) in [6.07, 6.45) is 4.50. The fourth-order valence-electron chi connectivity index (χ4n) is 3.15. The first-order valence-corrected chi connectivity index (χ1v) is 8.43. The molecular weight excluding hydrogens is 284 g/mol. The van der Waals surface area contributed by atoms with Crippen LogP contribution in [0.1, 0.15) is 31.1 Å². The summed E-state index contributed by atoms with van der Waals surface area (Å²) in [5.41, 5.74) is 5.82. The summed E-state index contributed by atoms with van der Waals surface area (Å²) in [6.45, 7) is 3.26. The summed E-state index contributed by atoms with van der Waals surface area (Å²) < 4.78 is 0. The number of fused-ring (bicyclic) bond motifs is 1. The van der Waals surface area contributed by atoms with E-state index >= 15 is 0 Å². The Hall–Kier alpha value is -1.40. The standard InChI is InChI=1S/C15H22N4OS/c1-2-11-6-12-13(18-15(16)19-14(12)21-11)17-7-9-4-3-5-10(9)8-20/h6,9-10,20H,2-5,7-8H2,1H3,(H3,16,17,18,19). The van der Waals surface area contributed by atoms with Gasteiger partial charge < -0.3 is 16.2 Å². The molecule has 5 nitrogen and oxygen atoms in total. The second-order valence-electron chi connectivity index (χ2n) is 5.73. The lowest BCUT2D eigenvalue weighted by atomic mass is 9.97. The number of nitrogen functional groups attached to an aromatic ring is 1. The number of nitrogens with one attached hydrogen (secondary N) is 1. The molecular formula is C15H22N4OS. The van der Waals surface area contributed by atoms with Crippen molar-refractivity contribution >= 4 is 33.3 Å². The van der Waals surface area contributed by atoms with Crippen molar-refractivity contribution in [1.29, 1.82) is 0 Å². The van der Waals surface area contributed by atoms with E-state index in [2.05, 4.69) is 28.3 Å². The van der Waals surface area contributed by atoms with Gasteiger partial charge in [-0.05, 0) is 37.2 Å². The van der Waals surface area contributed by atoms with Crippen molar-refractivity contribution in [2.24, 2.45) is 11.8 Å². The topological polar surface area (TPSA) is 84.1 Å². The van der Waals surface area contributed by atoms with E-state index in [1.165, 1.54) is 17.7 Å². The molecule has 0 spiro atoms. The summed E-state index contributed by atoms with van der Waals surface area (Å²) in [5, 5.41) is 13.9. The second-order valence-corrected chi connectivity index (χ2v) is 6.85.